The molecule has 2 rings (SSSR count). The lowest BCUT2D eigenvalue weighted by Crippen LogP contribution is -2.34. The molecule has 0 aliphatic carbocycles. The zero-order chi connectivity index (χ0) is 25.7. The zero-order valence-electron chi connectivity index (χ0n) is 21.9. The first kappa shape index (κ1) is 28.1. The first-order valence-corrected chi connectivity index (χ1v) is 12.8. The molecule has 0 aliphatic heterocycles. The van der Waals surface area contributed by atoms with Crippen LogP contribution in [0.4, 0.5) is 4.79 Å². The van der Waals surface area contributed by atoms with Crippen LogP contribution in [0.25, 0.3) is 10.9 Å². The summed E-state index contributed by atoms with van der Waals surface area (Å²) < 4.78 is 7.66. The lowest BCUT2D eigenvalue weighted by atomic mass is 9.87. The number of rotatable bonds is 10. The van der Waals surface area contributed by atoms with Gasteiger partial charge in [0.05, 0.1) is 12.0 Å². The lowest BCUT2D eigenvalue weighted by molar-refractivity contribution is -0.153. The number of amides is 2. The fourth-order valence-corrected chi connectivity index (χ4v) is 5.09. The topological polar surface area (TPSA) is 92.6 Å². The molecule has 8 heteroatoms. The Hall–Kier alpha value is -2.19. The van der Waals surface area contributed by atoms with Crippen LogP contribution in [0.2, 0.25) is 0 Å². The molecule has 1 aromatic heterocycles. The molecule has 0 aliphatic rings. The number of hydrogen-bond acceptors (Lipinski definition) is 5. The summed E-state index contributed by atoms with van der Waals surface area (Å²) >= 11 is 1.83. The summed E-state index contributed by atoms with van der Waals surface area (Å²) in [5.74, 6) is 0.198. The van der Waals surface area contributed by atoms with Gasteiger partial charge in [0.25, 0.3) is 0 Å². The second-order valence-electron chi connectivity index (χ2n) is 10.6. The largest absolute Gasteiger partial charge is 0.466 e. The van der Waals surface area contributed by atoms with Crippen molar-refractivity contribution in [1.82, 2.24) is 15.4 Å². The molecule has 2 aromatic rings. The fraction of sp³-hybridized carbons (Fsp3) is 0.615. The third-order valence-electron chi connectivity index (χ3n) is 5.60. The third kappa shape index (κ3) is 7.15. The van der Waals surface area contributed by atoms with Crippen LogP contribution in [0, 0.1) is 5.41 Å². The van der Waals surface area contributed by atoms with E-state index in [1.54, 1.807) is 5.48 Å². The van der Waals surface area contributed by atoms with Crippen molar-refractivity contribution in [3.05, 3.63) is 29.5 Å². The Kier molecular flexibility index (Phi) is 9.48. The summed E-state index contributed by atoms with van der Waals surface area (Å²) in [6.45, 7) is 18.1. The van der Waals surface area contributed by atoms with Gasteiger partial charge in [0, 0.05) is 45.7 Å². The van der Waals surface area contributed by atoms with Crippen molar-refractivity contribution in [2.45, 2.75) is 90.3 Å². The van der Waals surface area contributed by atoms with Crippen molar-refractivity contribution in [2.75, 3.05) is 13.2 Å². The minimum Gasteiger partial charge on any atom is -0.466 e. The van der Waals surface area contributed by atoms with Crippen LogP contribution in [0.3, 0.4) is 0 Å². The third-order valence-corrected chi connectivity index (χ3v) is 6.87. The van der Waals surface area contributed by atoms with E-state index in [9.17, 15) is 9.59 Å². The summed E-state index contributed by atoms with van der Waals surface area (Å²) in [5, 5.41) is 12.6. The maximum atomic E-state index is 12.8. The van der Waals surface area contributed by atoms with Crippen LogP contribution in [0.15, 0.2) is 23.1 Å². The number of hydroxylamine groups is 1. The van der Waals surface area contributed by atoms with E-state index in [4.69, 9.17) is 9.94 Å². The van der Waals surface area contributed by atoms with E-state index in [0.717, 1.165) is 11.2 Å². The highest BCUT2D eigenvalue weighted by Crippen LogP contribution is 2.44. The molecule has 0 radical (unpaired) electrons. The lowest BCUT2D eigenvalue weighted by Gasteiger charge is -2.26. The van der Waals surface area contributed by atoms with Crippen LogP contribution < -0.4 is 10.8 Å². The van der Waals surface area contributed by atoms with Gasteiger partial charge >= 0.3 is 12.0 Å². The standard InChI is InChI=1S/C26H41N3O4S/c1-9-33-23(30)26(7,8)16-21-22(34-25(4,5)6)19-15-18(17(2)3)11-12-20(19)29(21)14-10-13-27-24(31)28-32/h11-12,15,17,32H,9-10,13-14,16H2,1-8H3,(H2,27,28,31). The number of hydrogen-bond donors (Lipinski definition) is 3. The van der Waals surface area contributed by atoms with E-state index in [1.807, 2.05) is 32.5 Å². The second-order valence-corrected chi connectivity index (χ2v) is 12.4. The predicted molar refractivity (Wildman–Crippen MR) is 139 cm³/mol. The van der Waals surface area contributed by atoms with E-state index < -0.39 is 11.4 Å². The smallest absolute Gasteiger partial charge is 0.338 e. The Morgan fingerprint density at radius 1 is 1.18 bits per heavy atom. The molecule has 3 N–H and O–H groups in total. The normalized spacial score (nSPS) is 12.3. The molecule has 1 aromatic carbocycles. The van der Waals surface area contributed by atoms with Crippen molar-refractivity contribution >= 4 is 34.7 Å². The van der Waals surface area contributed by atoms with Crippen molar-refractivity contribution in [1.29, 1.82) is 0 Å². The second kappa shape index (κ2) is 11.5. The highest BCUT2D eigenvalue weighted by Gasteiger charge is 2.34. The van der Waals surface area contributed by atoms with Crippen molar-refractivity contribution in [3.63, 3.8) is 0 Å². The Labute approximate surface area is 208 Å². The molecule has 0 unspecified atom stereocenters. The van der Waals surface area contributed by atoms with Gasteiger partial charge in [-0.2, -0.15) is 0 Å². The molecule has 0 saturated carbocycles. The van der Waals surface area contributed by atoms with E-state index in [-0.39, 0.29) is 10.7 Å². The molecule has 0 saturated heterocycles. The van der Waals surface area contributed by atoms with Crippen LogP contribution in [-0.4, -0.2) is 39.7 Å². The predicted octanol–water partition coefficient (Wildman–Crippen LogP) is 5.87. The van der Waals surface area contributed by atoms with Crippen LogP contribution >= 0.6 is 11.8 Å². The minimum atomic E-state index is -0.689. The Balaban J connectivity index is 2.63. The van der Waals surface area contributed by atoms with Gasteiger partial charge in [-0.05, 0) is 50.8 Å². The van der Waals surface area contributed by atoms with Gasteiger partial charge in [-0.25, -0.2) is 10.3 Å². The molecule has 0 bridgehead atoms. The maximum Gasteiger partial charge on any atom is 0.338 e. The SMILES string of the molecule is CCOC(=O)C(C)(C)Cc1c(SC(C)(C)C)c2cc(C(C)C)ccc2n1CCCNC(=O)NO. The quantitative estimate of drug-likeness (QED) is 0.127. The summed E-state index contributed by atoms with van der Waals surface area (Å²) in [6.07, 6.45) is 1.22. The number of aryl methyl sites for hydroxylation is 1. The summed E-state index contributed by atoms with van der Waals surface area (Å²) in [7, 11) is 0. The van der Waals surface area contributed by atoms with E-state index in [0.29, 0.717) is 38.5 Å². The average molecular weight is 492 g/mol. The van der Waals surface area contributed by atoms with Gasteiger partial charge in [-0.3, -0.25) is 10.0 Å². The molecule has 0 atom stereocenters. The monoisotopic (exact) mass is 491 g/mol. The average Bonchev–Trinajstić information content (AvgIpc) is 3.01. The summed E-state index contributed by atoms with van der Waals surface area (Å²) in [4.78, 5) is 25.3. The number of carbonyl (C=O) groups excluding carboxylic acids is 2. The molecule has 190 valence electrons. The minimum absolute atomic E-state index is 0.0173. The Bertz CT molecular complexity index is 1010. The van der Waals surface area contributed by atoms with Crippen LogP contribution in [0.5, 0.6) is 0 Å². The van der Waals surface area contributed by atoms with Gasteiger partial charge in [-0.15, -0.1) is 11.8 Å². The Morgan fingerprint density at radius 2 is 1.85 bits per heavy atom. The molecule has 0 fully saturated rings. The van der Waals surface area contributed by atoms with E-state index in [1.165, 1.54) is 15.8 Å². The molecular weight excluding hydrogens is 450 g/mol. The number of urea groups is 1. The number of aromatic nitrogens is 1. The molecule has 7 nitrogen and oxygen atoms in total. The van der Waals surface area contributed by atoms with Gasteiger partial charge < -0.3 is 14.6 Å². The number of ether oxygens (including phenoxy) is 1. The molecule has 2 amide bonds. The number of fused-ring (bicyclic) bond motifs is 1. The maximum absolute atomic E-state index is 12.8. The van der Waals surface area contributed by atoms with Crippen LogP contribution in [0.1, 0.15) is 79.0 Å². The highest BCUT2D eigenvalue weighted by molar-refractivity contribution is 8.00. The first-order valence-electron chi connectivity index (χ1n) is 12.0. The van der Waals surface area contributed by atoms with Crippen molar-refractivity contribution < 1.29 is 19.5 Å². The summed E-state index contributed by atoms with van der Waals surface area (Å²) in [6, 6.07) is 6.01. The molecule has 0 spiro atoms. The van der Waals surface area contributed by atoms with Gasteiger partial charge in [0.15, 0.2) is 0 Å². The molecule has 34 heavy (non-hydrogen) atoms. The zero-order valence-corrected chi connectivity index (χ0v) is 22.7. The van der Waals surface area contributed by atoms with Crippen molar-refractivity contribution in [2.24, 2.45) is 5.41 Å². The molecular formula is C26H41N3O4S. The molecule has 1 heterocycles. The number of nitrogens with zero attached hydrogens (tertiary/aromatic N) is 1. The number of thioether (sulfide) groups is 1. The number of esters is 1. The fourth-order valence-electron chi connectivity index (χ4n) is 3.90. The van der Waals surface area contributed by atoms with Gasteiger partial charge in [0.1, 0.15) is 0 Å². The summed E-state index contributed by atoms with van der Waals surface area (Å²) in [5.41, 5.74) is 4.42. The first-order chi connectivity index (χ1) is 15.8. The van der Waals surface area contributed by atoms with Crippen LogP contribution in [-0.2, 0) is 22.5 Å². The van der Waals surface area contributed by atoms with Crippen molar-refractivity contribution in [3.8, 4) is 0 Å². The van der Waals surface area contributed by atoms with Gasteiger partial charge in [0.2, 0.25) is 0 Å². The number of benzene rings is 1. The number of carbonyl (C=O) groups is 2. The van der Waals surface area contributed by atoms with E-state index >= 15 is 0 Å². The van der Waals surface area contributed by atoms with Gasteiger partial charge in [-0.1, -0.05) is 40.7 Å². The van der Waals surface area contributed by atoms with E-state index in [2.05, 4.69) is 62.7 Å². The highest BCUT2D eigenvalue weighted by atomic mass is 32.2. The Morgan fingerprint density at radius 3 is 2.41 bits per heavy atom. The number of nitrogens with one attached hydrogen (secondary N) is 2.